The van der Waals surface area contributed by atoms with Crippen LogP contribution in [-0.2, 0) is 0 Å². The third-order valence-electron chi connectivity index (χ3n) is 2.09. The summed E-state index contributed by atoms with van der Waals surface area (Å²) in [4.78, 5) is 4.44. The SMILES string of the molecule is Cc1cccc(N=CC(C)C)c1C. The quantitative estimate of drug-likeness (QED) is 0.608. The van der Waals surface area contributed by atoms with Crippen LogP contribution in [0.25, 0.3) is 0 Å². The molecule has 1 heteroatoms. The number of nitrogens with zero attached hydrogens (tertiary/aromatic N) is 1. The standard InChI is InChI=1S/C12H17N/c1-9(2)8-13-12-7-5-6-10(3)11(12)4/h5-9H,1-4H3. The number of rotatable bonds is 2. The van der Waals surface area contributed by atoms with E-state index < -0.39 is 0 Å². The number of benzene rings is 1. The smallest absolute Gasteiger partial charge is 0.0657 e. The summed E-state index contributed by atoms with van der Waals surface area (Å²) in [5.41, 5.74) is 3.67. The van der Waals surface area contributed by atoms with Crippen molar-refractivity contribution in [3.63, 3.8) is 0 Å². The van der Waals surface area contributed by atoms with Crippen molar-refractivity contribution in [2.75, 3.05) is 0 Å². The molecule has 0 saturated carbocycles. The first-order valence-electron chi connectivity index (χ1n) is 4.71. The van der Waals surface area contributed by atoms with E-state index in [0.29, 0.717) is 5.92 Å². The molecule has 1 aromatic rings. The molecule has 0 atom stereocenters. The maximum absolute atomic E-state index is 4.44. The normalized spacial score (nSPS) is 11.5. The molecule has 0 aliphatic heterocycles. The number of aliphatic imine (C=N–C) groups is 1. The predicted molar refractivity (Wildman–Crippen MR) is 58.9 cm³/mol. The van der Waals surface area contributed by atoms with E-state index in [0.717, 1.165) is 5.69 Å². The van der Waals surface area contributed by atoms with Gasteiger partial charge in [0.15, 0.2) is 0 Å². The molecule has 0 saturated heterocycles. The van der Waals surface area contributed by atoms with Crippen LogP contribution in [0.1, 0.15) is 25.0 Å². The predicted octanol–water partition coefficient (Wildman–Crippen LogP) is 3.66. The molecule has 0 heterocycles. The Labute approximate surface area is 80.5 Å². The van der Waals surface area contributed by atoms with Crippen LogP contribution in [0.2, 0.25) is 0 Å². The van der Waals surface area contributed by atoms with E-state index in [2.05, 4.69) is 50.9 Å². The average Bonchev–Trinajstić information content (AvgIpc) is 2.07. The van der Waals surface area contributed by atoms with Crippen molar-refractivity contribution >= 4 is 11.9 Å². The lowest BCUT2D eigenvalue weighted by Gasteiger charge is -2.03. The van der Waals surface area contributed by atoms with E-state index in [1.54, 1.807) is 0 Å². The topological polar surface area (TPSA) is 12.4 Å². The van der Waals surface area contributed by atoms with Crippen LogP contribution < -0.4 is 0 Å². The fraction of sp³-hybridized carbons (Fsp3) is 0.417. The second-order valence-electron chi connectivity index (χ2n) is 3.74. The van der Waals surface area contributed by atoms with Crippen LogP contribution in [0.4, 0.5) is 5.69 Å². The Balaban J connectivity index is 2.95. The first-order chi connectivity index (χ1) is 6.11. The Hall–Kier alpha value is -1.11. The van der Waals surface area contributed by atoms with Gasteiger partial charge >= 0.3 is 0 Å². The summed E-state index contributed by atoms with van der Waals surface area (Å²) in [6.45, 7) is 8.50. The van der Waals surface area contributed by atoms with Gasteiger partial charge in [-0.15, -0.1) is 0 Å². The van der Waals surface area contributed by atoms with Crippen molar-refractivity contribution in [2.45, 2.75) is 27.7 Å². The molecule has 0 aliphatic carbocycles. The Morgan fingerprint density at radius 1 is 1.23 bits per heavy atom. The monoisotopic (exact) mass is 175 g/mol. The van der Waals surface area contributed by atoms with E-state index in [1.165, 1.54) is 11.1 Å². The largest absolute Gasteiger partial charge is 0.261 e. The van der Waals surface area contributed by atoms with E-state index in [1.807, 2.05) is 6.21 Å². The summed E-state index contributed by atoms with van der Waals surface area (Å²) < 4.78 is 0. The number of aryl methyl sites for hydroxylation is 1. The van der Waals surface area contributed by atoms with Crippen LogP contribution in [-0.4, -0.2) is 6.21 Å². The second-order valence-corrected chi connectivity index (χ2v) is 3.74. The lowest BCUT2D eigenvalue weighted by atomic mass is 10.1. The van der Waals surface area contributed by atoms with Gasteiger partial charge in [0.1, 0.15) is 0 Å². The van der Waals surface area contributed by atoms with Crippen LogP contribution in [0.15, 0.2) is 23.2 Å². The van der Waals surface area contributed by atoms with Gasteiger partial charge in [-0.1, -0.05) is 26.0 Å². The average molecular weight is 175 g/mol. The van der Waals surface area contributed by atoms with Crippen molar-refractivity contribution < 1.29 is 0 Å². The minimum atomic E-state index is 0.514. The highest BCUT2D eigenvalue weighted by atomic mass is 14.7. The molecule has 70 valence electrons. The molecule has 0 spiro atoms. The summed E-state index contributed by atoms with van der Waals surface area (Å²) in [5, 5.41) is 0. The van der Waals surface area contributed by atoms with Gasteiger partial charge in [-0.05, 0) is 37.0 Å². The molecule has 13 heavy (non-hydrogen) atoms. The van der Waals surface area contributed by atoms with Crippen LogP contribution in [0.3, 0.4) is 0 Å². The molecule has 0 amide bonds. The maximum atomic E-state index is 4.44. The van der Waals surface area contributed by atoms with Crippen molar-refractivity contribution in [3.05, 3.63) is 29.3 Å². The van der Waals surface area contributed by atoms with Gasteiger partial charge in [0.2, 0.25) is 0 Å². The Kier molecular flexibility index (Phi) is 3.24. The summed E-state index contributed by atoms with van der Waals surface area (Å²) >= 11 is 0. The highest BCUT2D eigenvalue weighted by Gasteiger charge is 1.97. The van der Waals surface area contributed by atoms with Crippen molar-refractivity contribution in [3.8, 4) is 0 Å². The Morgan fingerprint density at radius 3 is 2.54 bits per heavy atom. The lowest BCUT2D eigenvalue weighted by molar-refractivity contribution is 0.907. The molecule has 0 aromatic heterocycles. The highest BCUT2D eigenvalue weighted by molar-refractivity contribution is 5.66. The molecule has 1 nitrogen and oxygen atoms in total. The molecular formula is C12H17N. The highest BCUT2D eigenvalue weighted by Crippen LogP contribution is 2.20. The number of hydrogen-bond donors (Lipinski definition) is 0. The van der Waals surface area contributed by atoms with Gasteiger partial charge in [-0.2, -0.15) is 0 Å². The second kappa shape index (κ2) is 4.22. The third kappa shape index (κ3) is 2.69. The summed E-state index contributed by atoms with van der Waals surface area (Å²) in [5.74, 6) is 0.514. The summed E-state index contributed by atoms with van der Waals surface area (Å²) in [6, 6.07) is 6.22. The molecule has 0 radical (unpaired) electrons. The molecule has 0 N–H and O–H groups in total. The van der Waals surface area contributed by atoms with Gasteiger partial charge in [0, 0.05) is 6.21 Å². The minimum Gasteiger partial charge on any atom is -0.261 e. The lowest BCUT2D eigenvalue weighted by Crippen LogP contribution is -1.87. The van der Waals surface area contributed by atoms with Crippen molar-refractivity contribution in [1.29, 1.82) is 0 Å². The van der Waals surface area contributed by atoms with Gasteiger partial charge in [0.25, 0.3) is 0 Å². The zero-order valence-electron chi connectivity index (χ0n) is 8.83. The van der Waals surface area contributed by atoms with Gasteiger partial charge in [-0.3, -0.25) is 4.99 Å². The van der Waals surface area contributed by atoms with Gasteiger partial charge in [-0.25, -0.2) is 0 Å². The van der Waals surface area contributed by atoms with E-state index in [4.69, 9.17) is 0 Å². The Morgan fingerprint density at radius 2 is 1.92 bits per heavy atom. The van der Waals surface area contributed by atoms with Gasteiger partial charge in [0.05, 0.1) is 5.69 Å². The van der Waals surface area contributed by atoms with Crippen LogP contribution in [0.5, 0.6) is 0 Å². The molecule has 1 rings (SSSR count). The molecule has 0 fully saturated rings. The zero-order chi connectivity index (χ0) is 9.84. The first-order valence-corrected chi connectivity index (χ1v) is 4.71. The molecule has 1 aromatic carbocycles. The fourth-order valence-electron chi connectivity index (χ4n) is 1.10. The fourth-order valence-corrected chi connectivity index (χ4v) is 1.10. The van der Waals surface area contributed by atoms with Crippen molar-refractivity contribution in [1.82, 2.24) is 0 Å². The van der Waals surface area contributed by atoms with E-state index in [-0.39, 0.29) is 0 Å². The van der Waals surface area contributed by atoms with E-state index in [9.17, 15) is 0 Å². The van der Waals surface area contributed by atoms with E-state index >= 15 is 0 Å². The molecule has 0 aliphatic rings. The minimum absolute atomic E-state index is 0.514. The first kappa shape index (κ1) is 9.97. The van der Waals surface area contributed by atoms with Crippen molar-refractivity contribution in [2.24, 2.45) is 10.9 Å². The maximum Gasteiger partial charge on any atom is 0.0657 e. The molecule has 0 bridgehead atoms. The summed E-state index contributed by atoms with van der Waals surface area (Å²) in [6.07, 6.45) is 1.99. The summed E-state index contributed by atoms with van der Waals surface area (Å²) in [7, 11) is 0. The molecule has 0 unspecified atom stereocenters. The van der Waals surface area contributed by atoms with Crippen LogP contribution >= 0.6 is 0 Å². The van der Waals surface area contributed by atoms with Crippen LogP contribution in [0, 0.1) is 19.8 Å². The zero-order valence-corrected chi connectivity index (χ0v) is 8.83. The Bertz CT molecular complexity index is 311. The number of hydrogen-bond acceptors (Lipinski definition) is 1. The molecular weight excluding hydrogens is 158 g/mol. The third-order valence-corrected chi connectivity index (χ3v) is 2.09. The van der Waals surface area contributed by atoms with Gasteiger partial charge < -0.3 is 0 Å².